The van der Waals surface area contributed by atoms with Gasteiger partial charge in [-0.25, -0.2) is 5.43 Å². The molecular weight excluding hydrogens is 316 g/mol. The fraction of sp³-hybridized carbons (Fsp3) is 0.300. The highest BCUT2D eigenvalue weighted by Crippen LogP contribution is 2.47. The van der Waals surface area contributed by atoms with Gasteiger partial charge in [-0.2, -0.15) is 5.10 Å². The summed E-state index contributed by atoms with van der Waals surface area (Å²) in [6.07, 6.45) is 2.48. The fourth-order valence-corrected chi connectivity index (χ4v) is 2.85. The first-order chi connectivity index (χ1) is 12.2. The molecule has 2 unspecified atom stereocenters. The molecule has 2 atom stereocenters. The van der Waals surface area contributed by atoms with Crippen molar-refractivity contribution in [1.29, 1.82) is 0 Å². The average Bonchev–Trinajstić information content (AvgIpc) is 3.44. The van der Waals surface area contributed by atoms with E-state index in [1.165, 1.54) is 5.56 Å². The second kappa shape index (κ2) is 7.83. The zero-order valence-electron chi connectivity index (χ0n) is 14.4. The third kappa shape index (κ3) is 4.18. The summed E-state index contributed by atoms with van der Waals surface area (Å²) < 4.78 is 10.8. The first kappa shape index (κ1) is 17.0. The number of nitrogens with one attached hydrogen (secondary N) is 1. The molecule has 0 bridgehead atoms. The van der Waals surface area contributed by atoms with Crippen LogP contribution in [0, 0.1) is 5.92 Å². The van der Waals surface area contributed by atoms with Crippen molar-refractivity contribution in [3.8, 4) is 11.5 Å². The monoisotopic (exact) mass is 338 g/mol. The van der Waals surface area contributed by atoms with Crippen LogP contribution in [0.2, 0.25) is 0 Å². The van der Waals surface area contributed by atoms with E-state index in [4.69, 9.17) is 9.47 Å². The van der Waals surface area contributed by atoms with Gasteiger partial charge in [0, 0.05) is 5.92 Å². The van der Waals surface area contributed by atoms with Gasteiger partial charge < -0.3 is 9.47 Å². The van der Waals surface area contributed by atoms with Gasteiger partial charge >= 0.3 is 0 Å². The highest BCUT2D eigenvalue weighted by molar-refractivity contribution is 5.86. The normalized spacial score (nSPS) is 18.8. The molecule has 0 saturated heterocycles. The van der Waals surface area contributed by atoms with Crippen molar-refractivity contribution in [3.63, 3.8) is 0 Å². The minimum Gasteiger partial charge on any atom is -0.493 e. The van der Waals surface area contributed by atoms with E-state index >= 15 is 0 Å². The Morgan fingerprint density at radius 2 is 2.04 bits per heavy atom. The highest BCUT2D eigenvalue weighted by atomic mass is 16.5. The molecule has 0 aromatic heterocycles. The average molecular weight is 338 g/mol. The van der Waals surface area contributed by atoms with Crippen LogP contribution in [0.1, 0.15) is 30.4 Å². The van der Waals surface area contributed by atoms with Gasteiger partial charge in [0.2, 0.25) is 5.91 Å². The first-order valence-corrected chi connectivity index (χ1v) is 8.41. The van der Waals surface area contributed by atoms with Gasteiger partial charge in [0.15, 0.2) is 11.5 Å². The number of carbonyl (C=O) groups is 1. The first-order valence-electron chi connectivity index (χ1n) is 8.41. The summed E-state index contributed by atoms with van der Waals surface area (Å²) in [7, 11) is 1.59. The zero-order chi connectivity index (χ0) is 17.6. The van der Waals surface area contributed by atoms with Crippen LogP contribution in [0.4, 0.5) is 0 Å². The van der Waals surface area contributed by atoms with Crippen molar-refractivity contribution >= 4 is 12.1 Å². The maximum atomic E-state index is 12.2. The second-order valence-electron chi connectivity index (χ2n) is 5.94. The molecule has 130 valence electrons. The zero-order valence-corrected chi connectivity index (χ0v) is 14.4. The highest BCUT2D eigenvalue weighted by Gasteiger charge is 2.43. The van der Waals surface area contributed by atoms with Crippen LogP contribution in [0.25, 0.3) is 0 Å². The summed E-state index contributed by atoms with van der Waals surface area (Å²) in [6, 6.07) is 15.6. The molecule has 3 rings (SSSR count). The topological polar surface area (TPSA) is 59.9 Å². The van der Waals surface area contributed by atoms with Crippen LogP contribution in [0.3, 0.4) is 0 Å². The molecule has 25 heavy (non-hydrogen) atoms. The van der Waals surface area contributed by atoms with Crippen LogP contribution >= 0.6 is 0 Å². The van der Waals surface area contributed by atoms with E-state index in [1.54, 1.807) is 13.3 Å². The lowest BCUT2D eigenvalue weighted by Crippen LogP contribution is -2.20. The number of hydrogen-bond acceptors (Lipinski definition) is 4. The van der Waals surface area contributed by atoms with Gasteiger partial charge in [0.1, 0.15) is 0 Å². The predicted molar refractivity (Wildman–Crippen MR) is 97.2 cm³/mol. The number of methoxy groups -OCH3 is 1. The summed E-state index contributed by atoms with van der Waals surface area (Å²) >= 11 is 0. The minimum absolute atomic E-state index is 0.00872. The molecule has 2 aromatic rings. The number of amides is 1. The second-order valence-corrected chi connectivity index (χ2v) is 5.94. The quantitative estimate of drug-likeness (QED) is 0.622. The Kier molecular flexibility index (Phi) is 5.33. The van der Waals surface area contributed by atoms with Crippen molar-refractivity contribution in [1.82, 2.24) is 5.43 Å². The van der Waals surface area contributed by atoms with Crippen LogP contribution in [0.5, 0.6) is 11.5 Å². The van der Waals surface area contributed by atoms with Crippen molar-refractivity contribution < 1.29 is 14.3 Å². The number of hydrogen-bond donors (Lipinski definition) is 1. The van der Waals surface area contributed by atoms with E-state index in [-0.39, 0.29) is 11.8 Å². The Bertz CT molecular complexity index is 759. The SMILES string of the molecule is CCOc1ccc(C=NNC(=O)C2CC2c2ccccc2)cc1OC. The lowest BCUT2D eigenvalue weighted by molar-refractivity contribution is -0.122. The maximum Gasteiger partial charge on any atom is 0.243 e. The Morgan fingerprint density at radius 3 is 2.76 bits per heavy atom. The number of rotatable bonds is 7. The Hall–Kier alpha value is -2.82. The molecule has 0 heterocycles. The molecule has 0 aliphatic heterocycles. The third-order valence-electron chi connectivity index (χ3n) is 4.23. The van der Waals surface area contributed by atoms with Crippen LogP contribution in [0.15, 0.2) is 53.6 Å². The lowest BCUT2D eigenvalue weighted by Gasteiger charge is -2.09. The molecule has 1 saturated carbocycles. The maximum absolute atomic E-state index is 12.2. The summed E-state index contributed by atoms with van der Waals surface area (Å²) in [4.78, 5) is 12.2. The molecule has 1 N–H and O–H groups in total. The number of benzene rings is 2. The van der Waals surface area contributed by atoms with E-state index in [0.717, 1.165) is 12.0 Å². The molecule has 5 nitrogen and oxygen atoms in total. The molecule has 2 aromatic carbocycles. The summed E-state index contributed by atoms with van der Waals surface area (Å²) in [5.74, 6) is 1.61. The standard InChI is InChI=1S/C20H22N2O3/c1-3-25-18-10-9-14(11-19(18)24-2)13-21-22-20(23)17-12-16(17)15-7-5-4-6-8-15/h4-11,13,16-17H,3,12H2,1-2H3,(H,22,23). The van der Waals surface area contributed by atoms with Crippen molar-refractivity contribution in [3.05, 3.63) is 59.7 Å². The van der Waals surface area contributed by atoms with E-state index < -0.39 is 0 Å². The Labute approximate surface area is 147 Å². The molecule has 0 radical (unpaired) electrons. The minimum atomic E-state index is -0.0389. The van der Waals surface area contributed by atoms with Crippen LogP contribution in [-0.2, 0) is 4.79 Å². The Balaban J connectivity index is 1.56. The van der Waals surface area contributed by atoms with Crippen LogP contribution in [-0.4, -0.2) is 25.8 Å². The van der Waals surface area contributed by atoms with Crippen molar-refractivity contribution in [2.45, 2.75) is 19.3 Å². The smallest absolute Gasteiger partial charge is 0.243 e. The van der Waals surface area contributed by atoms with E-state index in [2.05, 4.69) is 22.7 Å². The predicted octanol–water partition coefficient (Wildman–Crippen LogP) is 3.35. The molecule has 1 fully saturated rings. The van der Waals surface area contributed by atoms with Gasteiger partial charge in [0.25, 0.3) is 0 Å². The van der Waals surface area contributed by atoms with E-state index in [1.807, 2.05) is 43.3 Å². The summed E-state index contributed by atoms with van der Waals surface area (Å²) in [6.45, 7) is 2.49. The third-order valence-corrected chi connectivity index (χ3v) is 4.23. The number of nitrogens with zero attached hydrogens (tertiary/aromatic N) is 1. The molecule has 1 aliphatic carbocycles. The largest absolute Gasteiger partial charge is 0.493 e. The molecule has 5 heteroatoms. The molecule has 1 amide bonds. The van der Waals surface area contributed by atoms with Gasteiger partial charge in [0.05, 0.1) is 19.9 Å². The molecular formula is C20H22N2O3. The van der Waals surface area contributed by atoms with Crippen molar-refractivity contribution in [2.24, 2.45) is 11.0 Å². The molecule has 1 aliphatic rings. The summed E-state index contributed by atoms with van der Waals surface area (Å²) in [5.41, 5.74) is 4.67. The van der Waals surface area contributed by atoms with Crippen LogP contribution < -0.4 is 14.9 Å². The number of hydrazone groups is 1. The Morgan fingerprint density at radius 1 is 1.24 bits per heavy atom. The van der Waals surface area contributed by atoms with Gasteiger partial charge in [-0.3, -0.25) is 4.79 Å². The lowest BCUT2D eigenvalue weighted by atomic mass is 10.1. The van der Waals surface area contributed by atoms with Gasteiger partial charge in [-0.15, -0.1) is 0 Å². The van der Waals surface area contributed by atoms with E-state index in [9.17, 15) is 4.79 Å². The van der Waals surface area contributed by atoms with E-state index in [0.29, 0.717) is 24.0 Å². The number of ether oxygens (including phenoxy) is 2. The number of carbonyl (C=O) groups excluding carboxylic acids is 1. The fourth-order valence-electron chi connectivity index (χ4n) is 2.85. The molecule has 0 spiro atoms. The van der Waals surface area contributed by atoms with Gasteiger partial charge in [-0.1, -0.05) is 30.3 Å². The van der Waals surface area contributed by atoms with Gasteiger partial charge in [-0.05, 0) is 48.6 Å². The summed E-state index contributed by atoms with van der Waals surface area (Å²) in [5, 5.41) is 4.06. The van der Waals surface area contributed by atoms with Crippen molar-refractivity contribution in [2.75, 3.05) is 13.7 Å².